The fraction of sp³-hybridized carbons (Fsp3) is 0.567. The van der Waals surface area contributed by atoms with E-state index in [-0.39, 0.29) is 5.78 Å². The maximum absolute atomic E-state index is 12.6. The van der Waals surface area contributed by atoms with Gasteiger partial charge in [0.05, 0.1) is 6.61 Å². The molecule has 0 fully saturated rings. The zero-order valence-electron chi connectivity index (χ0n) is 21.2. The number of rotatable bonds is 12. The Bertz CT molecular complexity index is 791. The molecule has 1 atom stereocenters. The Hall–Kier alpha value is -2.09. The number of ketones is 1. The van der Waals surface area contributed by atoms with E-state index in [9.17, 15) is 4.79 Å². The van der Waals surface area contributed by atoms with Gasteiger partial charge in [-0.15, -0.1) is 0 Å². The molecule has 176 valence electrons. The molecule has 0 heterocycles. The van der Waals surface area contributed by atoms with Crippen LogP contribution in [-0.4, -0.2) is 12.4 Å². The van der Waals surface area contributed by atoms with Gasteiger partial charge in [-0.3, -0.25) is 4.79 Å². The lowest BCUT2D eigenvalue weighted by atomic mass is 9.85. The number of hydrogen-bond donors (Lipinski definition) is 0. The first-order chi connectivity index (χ1) is 15.0. The van der Waals surface area contributed by atoms with Crippen molar-refractivity contribution in [1.29, 1.82) is 0 Å². The van der Waals surface area contributed by atoms with Crippen LogP contribution < -0.4 is 4.74 Å². The fourth-order valence-electron chi connectivity index (χ4n) is 3.99. The second-order valence-electron chi connectivity index (χ2n) is 11.7. The lowest BCUT2D eigenvalue weighted by Crippen LogP contribution is -2.14. The number of carbonyl (C=O) groups is 1. The van der Waals surface area contributed by atoms with Crippen LogP contribution in [0.2, 0.25) is 0 Å². The molecule has 1 unspecified atom stereocenters. The van der Waals surface area contributed by atoms with Gasteiger partial charge in [-0.1, -0.05) is 91.1 Å². The van der Waals surface area contributed by atoms with E-state index in [1.807, 2.05) is 54.6 Å². The van der Waals surface area contributed by atoms with E-state index in [1.165, 1.54) is 44.9 Å². The average Bonchev–Trinajstić information content (AvgIpc) is 2.73. The summed E-state index contributed by atoms with van der Waals surface area (Å²) < 4.78 is 6.18. The summed E-state index contributed by atoms with van der Waals surface area (Å²) in [6.45, 7) is 14.7. The van der Waals surface area contributed by atoms with Crippen molar-refractivity contribution in [3.05, 3.63) is 65.7 Å². The molecular weight excluding hydrogens is 392 g/mol. The van der Waals surface area contributed by atoms with Crippen LogP contribution in [-0.2, 0) is 0 Å². The number of ether oxygens (including phenoxy) is 1. The van der Waals surface area contributed by atoms with E-state index in [1.54, 1.807) is 0 Å². The molecular formula is C30H44O2. The zero-order chi connectivity index (χ0) is 23.6. The van der Waals surface area contributed by atoms with E-state index >= 15 is 0 Å². The number of unbranched alkanes of at least 4 members (excludes halogenated alkanes) is 1. The van der Waals surface area contributed by atoms with E-state index in [0.29, 0.717) is 22.3 Å². The molecule has 0 aliphatic carbocycles. The summed E-state index contributed by atoms with van der Waals surface area (Å²) in [5.74, 6) is 1.49. The Balaban J connectivity index is 1.89. The van der Waals surface area contributed by atoms with E-state index in [4.69, 9.17) is 4.74 Å². The largest absolute Gasteiger partial charge is 0.493 e. The van der Waals surface area contributed by atoms with Gasteiger partial charge in [-0.05, 0) is 66.7 Å². The summed E-state index contributed by atoms with van der Waals surface area (Å²) in [7, 11) is 0. The molecule has 2 heteroatoms. The van der Waals surface area contributed by atoms with Crippen molar-refractivity contribution < 1.29 is 9.53 Å². The number of hydrogen-bond acceptors (Lipinski definition) is 2. The minimum absolute atomic E-state index is 0.0519. The van der Waals surface area contributed by atoms with Gasteiger partial charge in [0.25, 0.3) is 0 Å². The van der Waals surface area contributed by atoms with Gasteiger partial charge in [0.15, 0.2) is 5.78 Å². The second-order valence-corrected chi connectivity index (χ2v) is 11.7. The Kier molecular flexibility index (Phi) is 10.0. The van der Waals surface area contributed by atoms with E-state index < -0.39 is 0 Å². The average molecular weight is 437 g/mol. The van der Waals surface area contributed by atoms with Crippen LogP contribution in [0.4, 0.5) is 0 Å². The predicted octanol–water partition coefficient (Wildman–Crippen LogP) is 8.74. The highest BCUT2D eigenvalue weighted by Crippen LogP contribution is 2.27. The smallest absolute Gasteiger partial charge is 0.193 e. The van der Waals surface area contributed by atoms with Crippen molar-refractivity contribution in [1.82, 2.24) is 0 Å². The van der Waals surface area contributed by atoms with Gasteiger partial charge in [-0.25, -0.2) is 0 Å². The molecule has 2 rings (SSSR count). The topological polar surface area (TPSA) is 26.3 Å². The third-order valence-electron chi connectivity index (χ3n) is 5.97. The molecule has 0 saturated heterocycles. The van der Waals surface area contributed by atoms with Crippen molar-refractivity contribution in [3.8, 4) is 5.75 Å². The summed E-state index contributed by atoms with van der Waals surface area (Å²) in [6, 6.07) is 17.0. The van der Waals surface area contributed by atoms with Crippen molar-refractivity contribution in [2.75, 3.05) is 6.61 Å². The van der Waals surface area contributed by atoms with Crippen LogP contribution in [0.15, 0.2) is 54.6 Å². The first-order valence-electron chi connectivity index (χ1n) is 12.4. The van der Waals surface area contributed by atoms with Crippen LogP contribution in [0.25, 0.3) is 0 Å². The van der Waals surface area contributed by atoms with E-state index in [2.05, 4.69) is 41.5 Å². The SMILES string of the molecule is CC(C)(C)CCCCC(CCCC(C)(C)C)COc1ccc(C(=O)c2ccccc2)cc1. The molecule has 0 N–H and O–H groups in total. The predicted molar refractivity (Wildman–Crippen MR) is 137 cm³/mol. The van der Waals surface area contributed by atoms with Crippen molar-refractivity contribution in [2.24, 2.45) is 16.7 Å². The second kappa shape index (κ2) is 12.2. The molecule has 0 aliphatic heterocycles. The lowest BCUT2D eigenvalue weighted by Gasteiger charge is -2.23. The first kappa shape index (κ1) is 26.2. The number of carbonyl (C=O) groups excluding carboxylic acids is 1. The Morgan fingerprint density at radius 3 is 1.84 bits per heavy atom. The summed E-state index contributed by atoms with van der Waals surface area (Å²) in [4.78, 5) is 12.6. The van der Waals surface area contributed by atoms with Gasteiger partial charge < -0.3 is 4.74 Å². The lowest BCUT2D eigenvalue weighted by molar-refractivity contribution is 0.103. The van der Waals surface area contributed by atoms with Gasteiger partial charge >= 0.3 is 0 Å². The number of benzene rings is 2. The van der Waals surface area contributed by atoms with Gasteiger partial charge in [0.2, 0.25) is 0 Å². The Morgan fingerprint density at radius 2 is 1.25 bits per heavy atom. The van der Waals surface area contributed by atoms with Crippen molar-refractivity contribution in [3.63, 3.8) is 0 Å². The normalized spacial score (nSPS) is 13.1. The fourth-order valence-corrected chi connectivity index (χ4v) is 3.99. The quantitative estimate of drug-likeness (QED) is 0.245. The Morgan fingerprint density at radius 1 is 0.719 bits per heavy atom. The highest BCUT2D eigenvalue weighted by molar-refractivity contribution is 6.08. The minimum atomic E-state index is 0.0519. The molecule has 0 saturated carbocycles. The van der Waals surface area contributed by atoms with Crippen LogP contribution in [0.1, 0.15) is 102 Å². The molecule has 0 aromatic heterocycles. The molecule has 0 radical (unpaired) electrons. The Labute approximate surface area is 196 Å². The molecule has 0 bridgehead atoms. The molecule has 0 aliphatic rings. The van der Waals surface area contributed by atoms with E-state index in [0.717, 1.165) is 17.9 Å². The third kappa shape index (κ3) is 10.5. The first-order valence-corrected chi connectivity index (χ1v) is 12.4. The molecule has 2 nitrogen and oxygen atoms in total. The van der Waals surface area contributed by atoms with Gasteiger partial charge in [0.1, 0.15) is 5.75 Å². The molecule has 2 aromatic rings. The van der Waals surface area contributed by atoms with Crippen molar-refractivity contribution in [2.45, 2.75) is 86.5 Å². The summed E-state index contributed by atoms with van der Waals surface area (Å²) in [5.41, 5.74) is 2.22. The highest BCUT2D eigenvalue weighted by atomic mass is 16.5. The monoisotopic (exact) mass is 436 g/mol. The molecule has 0 spiro atoms. The standard InChI is InChI=1S/C30H44O2/c1-29(2,3)21-11-10-13-24(14-12-22-30(4,5)6)23-32-27-19-17-26(18-20-27)28(31)25-15-8-7-9-16-25/h7-9,15-20,24H,10-14,21-23H2,1-6H3. The summed E-state index contributed by atoms with van der Waals surface area (Å²) in [6.07, 6.45) is 8.78. The van der Waals surface area contributed by atoms with Gasteiger partial charge in [0, 0.05) is 11.1 Å². The minimum Gasteiger partial charge on any atom is -0.493 e. The highest BCUT2D eigenvalue weighted by Gasteiger charge is 2.16. The maximum Gasteiger partial charge on any atom is 0.193 e. The summed E-state index contributed by atoms with van der Waals surface area (Å²) in [5, 5.41) is 0. The zero-order valence-corrected chi connectivity index (χ0v) is 21.2. The van der Waals surface area contributed by atoms with Crippen LogP contribution >= 0.6 is 0 Å². The summed E-state index contributed by atoms with van der Waals surface area (Å²) >= 11 is 0. The maximum atomic E-state index is 12.6. The van der Waals surface area contributed by atoms with Crippen LogP contribution in [0.5, 0.6) is 5.75 Å². The molecule has 0 amide bonds. The van der Waals surface area contributed by atoms with Crippen LogP contribution in [0, 0.1) is 16.7 Å². The van der Waals surface area contributed by atoms with Crippen LogP contribution in [0.3, 0.4) is 0 Å². The molecule has 2 aromatic carbocycles. The van der Waals surface area contributed by atoms with Gasteiger partial charge in [-0.2, -0.15) is 0 Å². The van der Waals surface area contributed by atoms with Crippen molar-refractivity contribution >= 4 is 5.78 Å². The molecule has 32 heavy (non-hydrogen) atoms. The third-order valence-corrected chi connectivity index (χ3v) is 5.97.